The molecule has 3 heterocycles. The van der Waals surface area contributed by atoms with Crippen LogP contribution in [-0.2, 0) is 4.74 Å². The van der Waals surface area contributed by atoms with Crippen molar-refractivity contribution in [2.75, 3.05) is 11.9 Å². The van der Waals surface area contributed by atoms with Crippen LogP contribution in [0.15, 0.2) is 40.0 Å². The van der Waals surface area contributed by atoms with Crippen LogP contribution in [0.1, 0.15) is 48.3 Å². The standard InChI is InChI=1S/C25H28ClFN6O/c1-13-14(2)31-25-23(30-13)22(19-6-3-17(26)10-20(19)27)32-24(33-25)15-7-8-34-21(9-15)16(11-28)12-29-18-4-5-18/h3,6,10-12,15,18,21,24H,4-5,7-9,28H2,1-2H3,(H,31,33)/b16-11+,29-12?/t15-,21+,24?/m1/s1. The van der Waals surface area contributed by atoms with Crippen LogP contribution in [0.5, 0.6) is 0 Å². The molecule has 2 aliphatic heterocycles. The van der Waals surface area contributed by atoms with Gasteiger partial charge in [0.2, 0.25) is 0 Å². The molecule has 1 aromatic heterocycles. The first-order chi connectivity index (χ1) is 16.4. The minimum Gasteiger partial charge on any atom is -0.404 e. The van der Waals surface area contributed by atoms with Gasteiger partial charge in [-0.1, -0.05) is 11.6 Å². The molecule has 1 aliphatic carbocycles. The van der Waals surface area contributed by atoms with Gasteiger partial charge in [-0.15, -0.1) is 0 Å². The van der Waals surface area contributed by atoms with E-state index in [0.29, 0.717) is 46.9 Å². The van der Waals surface area contributed by atoms with Crippen molar-refractivity contribution in [1.82, 2.24) is 9.97 Å². The number of ether oxygens (including phenoxy) is 1. The van der Waals surface area contributed by atoms with Crippen LogP contribution < -0.4 is 11.1 Å². The zero-order chi connectivity index (χ0) is 23.8. The number of aromatic nitrogens is 2. The summed E-state index contributed by atoms with van der Waals surface area (Å²) in [6, 6.07) is 5.02. The first-order valence-corrected chi connectivity index (χ1v) is 12.0. The van der Waals surface area contributed by atoms with E-state index in [-0.39, 0.29) is 18.2 Å². The van der Waals surface area contributed by atoms with Crippen molar-refractivity contribution < 1.29 is 9.13 Å². The minimum absolute atomic E-state index is 0.130. The molecular weight excluding hydrogens is 455 g/mol. The molecule has 34 heavy (non-hydrogen) atoms. The number of nitrogens with two attached hydrogens (primary N) is 1. The van der Waals surface area contributed by atoms with Crippen molar-refractivity contribution in [3.05, 3.63) is 63.5 Å². The molecule has 1 saturated carbocycles. The Hall–Kier alpha value is -2.84. The van der Waals surface area contributed by atoms with Gasteiger partial charge in [-0.3, -0.25) is 9.98 Å². The fourth-order valence-corrected chi connectivity index (χ4v) is 4.49. The first-order valence-electron chi connectivity index (χ1n) is 11.6. The second kappa shape index (κ2) is 9.43. The molecule has 1 saturated heterocycles. The van der Waals surface area contributed by atoms with Crippen molar-refractivity contribution in [2.24, 2.45) is 21.6 Å². The molecule has 3 N–H and O–H groups in total. The Balaban J connectivity index is 1.48. The van der Waals surface area contributed by atoms with Crippen molar-refractivity contribution in [3.8, 4) is 0 Å². The number of nitrogens with zero attached hydrogens (tertiary/aromatic N) is 4. The first kappa shape index (κ1) is 22.9. The number of aliphatic imine (C=N–C) groups is 2. The lowest BCUT2D eigenvalue weighted by atomic mass is 9.89. The Bertz CT molecular complexity index is 1190. The highest BCUT2D eigenvalue weighted by atomic mass is 35.5. The van der Waals surface area contributed by atoms with Crippen LogP contribution in [-0.4, -0.2) is 46.8 Å². The Morgan fingerprint density at radius 2 is 2.03 bits per heavy atom. The van der Waals surface area contributed by atoms with Crippen molar-refractivity contribution in [1.29, 1.82) is 0 Å². The molecule has 1 aromatic carbocycles. The zero-order valence-corrected chi connectivity index (χ0v) is 20.0. The molecule has 0 spiro atoms. The van der Waals surface area contributed by atoms with Crippen LogP contribution in [0.25, 0.3) is 0 Å². The van der Waals surface area contributed by atoms with Gasteiger partial charge in [-0.05, 0) is 57.7 Å². The molecular formula is C25H28ClFN6O. The van der Waals surface area contributed by atoms with Gasteiger partial charge in [0.05, 0.1) is 29.2 Å². The third-order valence-corrected chi connectivity index (χ3v) is 6.82. The van der Waals surface area contributed by atoms with Gasteiger partial charge in [0.1, 0.15) is 17.7 Å². The molecule has 178 valence electrons. The lowest BCUT2D eigenvalue weighted by Gasteiger charge is -2.36. The van der Waals surface area contributed by atoms with E-state index in [0.717, 1.165) is 36.2 Å². The topological polar surface area (TPSA) is 97.8 Å². The molecule has 2 fully saturated rings. The van der Waals surface area contributed by atoms with Crippen LogP contribution >= 0.6 is 11.6 Å². The Kier molecular flexibility index (Phi) is 6.36. The fraction of sp³-hybridized carbons (Fsp3) is 0.440. The van der Waals surface area contributed by atoms with E-state index < -0.39 is 5.82 Å². The summed E-state index contributed by atoms with van der Waals surface area (Å²) in [7, 11) is 0. The number of benzene rings is 1. The molecule has 3 aliphatic rings. The Morgan fingerprint density at radius 3 is 2.76 bits per heavy atom. The van der Waals surface area contributed by atoms with Gasteiger partial charge in [0.25, 0.3) is 0 Å². The largest absolute Gasteiger partial charge is 0.404 e. The van der Waals surface area contributed by atoms with E-state index >= 15 is 0 Å². The molecule has 0 radical (unpaired) electrons. The number of aryl methyl sites for hydroxylation is 2. The lowest BCUT2D eigenvalue weighted by molar-refractivity contribution is 0.0121. The monoisotopic (exact) mass is 482 g/mol. The quantitative estimate of drug-likeness (QED) is 0.617. The summed E-state index contributed by atoms with van der Waals surface area (Å²) < 4.78 is 21.0. The zero-order valence-electron chi connectivity index (χ0n) is 19.3. The average Bonchev–Trinajstić information content (AvgIpc) is 3.65. The molecule has 0 amide bonds. The molecule has 3 atom stereocenters. The second-order valence-corrected chi connectivity index (χ2v) is 9.54. The molecule has 9 heteroatoms. The smallest absolute Gasteiger partial charge is 0.156 e. The number of anilines is 1. The van der Waals surface area contributed by atoms with Crippen molar-refractivity contribution in [2.45, 2.75) is 57.8 Å². The van der Waals surface area contributed by atoms with Crippen LogP contribution in [0.2, 0.25) is 5.02 Å². The maximum atomic E-state index is 15.0. The summed E-state index contributed by atoms with van der Waals surface area (Å²) in [6.07, 6.45) is 6.75. The summed E-state index contributed by atoms with van der Waals surface area (Å²) >= 11 is 6.00. The molecule has 0 bridgehead atoms. The second-order valence-electron chi connectivity index (χ2n) is 9.10. The predicted octanol–water partition coefficient (Wildman–Crippen LogP) is 4.35. The number of nitrogens with one attached hydrogen (secondary N) is 1. The van der Waals surface area contributed by atoms with Gasteiger partial charge in [-0.25, -0.2) is 14.4 Å². The molecule has 7 nitrogen and oxygen atoms in total. The molecule has 2 aromatic rings. The van der Waals surface area contributed by atoms with Gasteiger partial charge in [0.15, 0.2) is 5.82 Å². The number of halogens is 2. The van der Waals surface area contributed by atoms with E-state index in [1.807, 2.05) is 20.1 Å². The van der Waals surface area contributed by atoms with E-state index in [1.54, 1.807) is 18.3 Å². The lowest BCUT2D eigenvalue weighted by Crippen LogP contribution is -2.40. The maximum absolute atomic E-state index is 15.0. The Morgan fingerprint density at radius 1 is 1.24 bits per heavy atom. The highest BCUT2D eigenvalue weighted by Gasteiger charge is 2.35. The summed E-state index contributed by atoms with van der Waals surface area (Å²) in [5, 5.41) is 3.79. The normalized spacial score (nSPS) is 25.1. The number of hydrogen-bond donors (Lipinski definition) is 2. The molecule has 1 unspecified atom stereocenters. The third kappa shape index (κ3) is 4.70. The van der Waals surface area contributed by atoms with E-state index in [2.05, 4.69) is 10.3 Å². The van der Waals surface area contributed by atoms with Crippen LogP contribution in [0, 0.1) is 25.6 Å². The van der Waals surface area contributed by atoms with Gasteiger partial charge in [0, 0.05) is 41.1 Å². The number of rotatable bonds is 5. The predicted molar refractivity (Wildman–Crippen MR) is 132 cm³/mol. The highest BCUT2D eigenvalue weighted by Crippen LogP contribution is 2.34. The van der Waals surface area contributed by atoms with Crippen LogP contribution in [0.4, 0.5) is 10.2 Å². The van der Waals surface area contributed by atoms with E-state index in [1.165, 1.54) is 6.07 Å². The average molecular weight is 483 g/mol. The van der Waals surface area contributed by atoms with E-state index in [4.69, 9.17) is 37.0 Å². The van der Waals surface area contributed by atoms with Gasteiger partial charge >= 0.3 is 0 Å². The Labute approximate surface area is 203 Å². The van der Waals surface area contributed by atoms with Crippen molar-refractivity contribution >= 4 is 29.3 Å². The van der Waals surface area contributed by atoms with Gasteiger partial charge in [-0.2, -0.15) is 0 Å². The fourth-order valence-electron chi connectivity index (χ4n) is 4.33. The summed E-state index contributed by atoms with van der Waals surface area (Å²) in [5.41, 5.74) is 9.77. The third-order valence-electron chi connectivity index (χ3n) is 6.59. The van der Waals surface area contributed by atoms with Gasteiger partial charge < -0.3 is 15.8 Å². The van der Waals surface area contributed by atoms with E-state index in [9.17, 15) is 4.39 Å². The minimum atomic E-state index is -0.438. The summed E-state index contributed by atoms with van der Waals surface area (Å²) in [4.78, 5) is 18.9. The summed E-state index contributed by atoms with van der Waals surface area (Å²) in [5.74, 6) is 0.303. The van der Waals surface area contributed by atoms with Crippen molar-refractivity contribution in [3.63, 3.8) is 0 Å². The highest BCUT2D eigenvalue weighted by molar-refractivity contribution is 6.30. The SMILES string of the molecule is Cc1nc2c(nc1C)C(c1ccc(Cl)cc1F)=NC([C@@H]1CCO[C@H](/C(C=NC3CC3)=C/N)C1)N2. The maximum Gasteiger partial charge on any atom is 0.156 e. The number of fused-ring (bicyclic) bond motifs is 1. The summed E-state index contributed by atoms with van der Waals surface area (Å²) in [6.45, 7) is 4.38. The number of hydrogen-bond acceptors (Lipinski definition) is 7. The molecule has 5 rings (SSSR count). The van der Waals surface area contributed by atoms with Crippen LogP contribution in [0.3, 0.4) is 0 Å².